The van der Waals surface area contributed by atoms with E-state index >= 15 is 0 Å². The van der Waals surface area contributed by atoms with E-state index < -0.39 is 5.69 Å². The second-order valence-electron chi connectivity index (χ2n) is 5.29. The summed E-state index contributed by atoms with van der Waals surface area (Å²) in [5.41, 5.74) is -3.11. The summed E-state index contributed by atoms with van der Waals surface area (Å²) < 4.78 is 0.745. The minimum atomic E-state index is -3.11. The standard InChI is InChI=1S/2C5H10S.C4H8N2S4.Mn.H3O2PS2/c2*1-2-4-6-5-3-1;7-3(8)5-1-2-6-4(9)10;;1-3(2,4)5/h2*1-5H2;1-2H2,(H2,5,7,8)(H2,6,9,10);;(H3,1,2,4,5)/q;;;+2;/p-2. The molecule has 14 heteroatoms. The molecule has 0 bridgehead atoms. The Morgan fingerprint density at radius 3 is 1.18 bits per heavy atom. The molecule has 2 aliphatic rings. The maximum absolute atomic E-state index is 7.87. The summed E-state index contributed by atoms with van der Waals surface area (Å²) in [6.45, 7) is 1.33. The van der Waals surface area contributed by atoms with Crippen LogP contribution in [0.3, 0.4) is 0 Å². The van der Waals surface area contributed by atoms with Crippen molar-refractivity contribution in [2.45, 2.75) is 38.5 Å². The third-order valence-corrected chi connectivity index (χ3v) is 5.71. The van der Waals surface area contributed by atoms with Gasteiger partial charge < -0.3 is 70.1 Å². The summed E-state index contributed by atoms with van der Waals surface area (Å²) in [4.78, 5) is 15.7. The second kappa shape index (κ2) is 25.6. The van der Waals surface area contributed by atoms with Crippen LogP contribution in [0, 0.1) is 0 Å². The molecule has 2 rings (SSSR count). The van der Waals surface area contributed by atoms with Crippen LogP contribution in [0.1, 0.15) is 38.5 Å². The minimum absolute atomic E-state index is 0. The molecule has 2 aliphatic heterocycles. The van der Waals surface area contributed by atoms with Gasteiger partial charge >= 0.3 is 17.1 Å². The first-order valence-corrected chi connectivity index (χ1v) is 16.3. The van der Waals surface area contributed by atoms with Crippen molar-refractivity contribution in [1.29, 1.82) is 0 Å². The molecule has 0 aromatic heterocycles. The Hall–Kier alpha value is 2.36. The first-order valence-electron chi connectivity index (χ1n) is 8.46. The van der Waals surface area contributed by atoms with Crippen molar-refractivity contribution in [3.8, 4) is 0 Å². The molecule has 1 radical (unpaired) electrons. The zero-order valence-corrected chi connectivity index (χ0v) is 24.2. The largest absolute Gasteiger partial charge is 2.00 e. The Morgan fingerprint density at radius 1 is 0.821 bits per heavy atom. The predicted octanol–water partition coefficient (Wildman–Crippen LogP) is 3.76. The van der Waals surface area contributed by atoms with Gasteiger partial charge in [-0.15, -0.1) is 0 Å². The van der Waals surface area contributed by atoms with Gasteiger partial charge in [-0.1, -0.05) is 33.7 Å². The van der Waals surface area contributed by atoms with Gasteiger partial charge in [-0.2, -0.15) is 23.5 Å². The van der Waals surface area contributed by atoms with Gasteiger partial charge in [-0.05, 0) is 60.5 Å². The maximum Gasteiger partial charge on any atom is 2.00 e. The van der Waals surface area contributed by atoms with Crippen LogP contribution in [0.4, 0.5) is 0 Å². The quantitative estimate of drug-likeness (QED) is 0.0824. The number of thiol groups is 1. The van der Waals surface area contributed by atoms with Crippen LogP contribution in [-0.2, 0) is 54.1 Å². The molecule has 0 spiro atoms. The van der Waals surface area contributed by atoms with E-state index in [-0.39, 0.29) is 17.1 Å². The molecule has 0 aromatic carbocycles. The van der Waals surface area contributed by atoms with Crippen molar-refractivity contribution >= 4 is 112 Å². The van der Waals surface area contributed by atoms with Gasteiger partial charge in [0.1, 0.15) is 0 Å². The number of nitrogens with one attached hydrogen (secondary N) is 2. The Kier molecular flexibility index (Phi) is 32.0. The molecule has 2 fully saturated rings. The van der Waals surface area contributed by atoms with Gasteiger partial charge in [0.2, 0.25) is 5.69 Å². The number of thioether (sulfide) groups is 2. The van der Waals surface area contributed by atoms with Crippen LogP contribution in [-0.4, -0.2) is 54.5 Å². The summed E-state index contributed by atoms with van der Waals surface area (Å²) in [5.74, 6) is 5.67. The number of thiocarbonyl (C=S) groups is 2. The molecule has 0 unspecified atom stereocenters. The summed E-state index contributed by atoms with van der Waals surface area (Å²) in [6, 6.07) is 0. The number of rotatable bonds is 3. The fourth-order valence-corrected chi connectivity index (χ4v) is 4.15. The normalized spacial score (nSPS) is 15.4. The zero-order chi connectivity index (χ0) is 21.0. The van der Waals surface area contributed by atoms with Crippen molar-refractivity contribution in [3.63, 3.8) is 0 Å². The van der Waals surface area contributed by atoms with Crippen molar-refractivity contribution in [1.82, 2.24) is 10.6 Å². The Labute approximate surface area is 221 Å². The van der Waals surface area contributed by atoms with Crippen LogP contribution in [0.2, 0.25) is 0 Å². The molecule has 0 amide bonds. The van der Waals surface area contributed by atoms with Gasteiger partial charge in [0.05, 0.1) is 0 Å². The Balaban J connectivity index is -0.000000305. The van der Waals surface area contributed by atoms with Crippen molar-refractivity contribution in [2.24, 2.45) is 0 Å². The molecule has 28 heavy (non-hydrogen) atoms. The fraction of sp³-hybridized carbons (Fsp3) is 0.857. The average Bonchev–Trinajstić information content (AvgIpc) is 2.61. The SMILES string of the molecule is C1CCSCC1.C1CCSCC1.OP(O)(=S)S.S=C([S-])NCCNC(=S)[S-].[Mn+2]. The van der Waals surface area contributed by atoms with Crippen molar-refractivity contribution in [3.05, 3.63) is 0 Å². The van der Waals surface area contributed by atoms with E-state index in [0.717, 1.165) is 0 Å². The van der Waals surface area contributed by atoms with E-state index in [1.54, 1.807) is 0 Å². The molecule has 0 saturated carbocycles. The van der Waals surface area contributed by atoms with Crippen LogP contribution < -0.4 is 10.6 Å². The summed E-state index contributed by atoms with van der Waals surface area (Å²) in [6.07, 6.45) is 8.81. The monoisotopic (exact) mass is 599 g/mol. The van der Waals surface area contributed by atoms with E-state index in [1.807, 2.05) is 0 Å². The zero-order valence-electron chi connectivity index (χ0n) is 15.5. The molecule has 167 valence electrons. The van der Waals surface area contributed by atoms with Crippen molar-refractivity contribution < 1.29 is 26.9 Å². The van der Waals surface area contributed by atoms with E-state index in [0.29, 0.717) is 21.7 Å². The average molecular weight is 600 g/mol. The Bertz CT molecular complexity index is 365. The third kappa shape index (κ3) is 46.5. The predicted molar refractivity (Wildman–Crippen MR) is 146 cm³/mol. The maximum atomic E-state index is 7.87. The molecule has 2 saturated heterocycles. The first-order chi connectivity index (χ1) is 12.6. The van der Waals surface area contributed by atoms with Crippen molar-refractivity contribution in [2.75, 3.05) is 36.1 Å². The van der Waals surface area contributed by atoms with Gasteiger partial charge in [0.25, 0.3) is 0 Å². The summed E-state index contributed by atoms with van der Waals surface area (Å²) in [5, 5.41) is 5.56. The summed E-state index contributed by atoms with van der Waals surface area (Å²) >= 11 is 29.6. The van der Waals surface area contributed by atoms with E-state index in [4.69, 9.17) is 9.79 Å². The molecule has 0 atom stereocenters. The Morgan fingerprint density at radius 2 is 1.07 bits per heavy atom. The number of hydrogen-bond donors (Lipinski definition) is 5. The topological polar surface area (TPSA) is 64.5 Å². The third-order valence-electron chi connectivity index (χ3n) is 2.82. The smallest absolute Gasteiger partial charge is 0.412 e. The summed E-state index contributed by atoms with van der Waals surface area (Å²) in [7, 11) is 0. The van der Waals surface area contributed by atoms with Gasteiger partial charge in [-0.3, -0.25) is 0 Å². The molecule has 0 aromatic rings. The van der Waals surface area contributed by atoms with Gasteiger partial charge in [0, 0.05) is 13.1 Å². The van der Waals surface area contributed by atoms with Crippen LogP contribution in [0.5, 0.6) is 0 Å². The van der Waals surface area contributed by atoms with E-state index in [2.05, 4.69) is 108 Å². The molecule has 4 nitrogen and oxygen atoms in total. The van der Waals surface area contributed by atoms with Gasteiger partial charge in [-0.25, -0.2) is 0 Å². The second-order valence-corrected chi connectivity index (χ2v) is 14.9. The molecule has 4 N–H and O–H groups in total. The van der Waals surface area contributed by atoms with E-state index in [1.165, 1.54) is 61.5 Å². The van der Waals surface area contributed by atoms with Crippen LogP contribution in [0.25, 0.3) is 0 Å². The molecule has 2 heterocycles. The van der Waals surface area contributed by atoms with Crippen LogP contribution >= 0.6 is 65.9 Å². The molecular formula is C14H29MnN2O2PS8. The fourth-order valence-electron chi connectivity index (χ4n) is 1.70. The van der Waals surface area contributed by atoms with Gasteiger partial charge in [0.15, 0.2) is 0 Å². The minimum Gasteiger partial charge on any atom is -0.412 e. The van der Waals surface area contributed by atoms with E-state index in [9.17, 15) is 0 Å². The van der Waals surface area contributed by atoms with Crippen LogP contribution in [0.15, 0.2) is 0 Å². The molecule has 0 aliphatic carbocycles. The first kappa shape index (κ1) is 35.0. The number of hydrogen-bond acceptors (Lipinski definition) is 7. The molecular weight excluding hydrogens is 571 g/mol.